The summed E-state index contributed by atoms with van der Waals surface area (Å²) in [4.78, 5) is 26.7. The van der Waals surface area contributed by atoms with Crippen LogP contribution in [0.5, 0.6) is 0 Å². The third-order valence-corrected chi connectivity index (χ3v) is 2.99. The Morgan fingerprint density at radius 3 is 2.45 bits per heavy atom. The topological polar surface area (TPSA) is 79.3 Å². The Hall–Kier alpha value is -1.34. The SMILES string of the molecule is COCCN1CCN(C(=O)OC(C)(C)C)[C@H](C(=O)O)C1. The van der Waals surface area contributed by atoms with E-state index in [1.165, 1.54) is 4.90 Å². The second kappa shape index (κ2) is 6.90. The molecule has 7 nitrogen and oxygen atoms in total. The van der Waals surface area contributed by atoms with Crippen LogP contribution in [0.4, 0.5) is 4.79 Å². The number of amides is 1. The maximum absolute atomic E-state index is 12.0. The Kier molecular flexibility index (Phi) is 5.76. The smallest absolute Gasteiger partial charge is 0.411 e. The summed E-state index contributed by atoms with van der Waals surface area (Å²) in [6, 6.07) is -0.879. The van der Waals surface area contributed by atoms with Gasteiger partial charge in [0, 0.05) is 33.3 Å². The molecular weight excluding hydrogens is 264 g/mol. The summed E-state index contributed by atoms with van der Waals surface area (Å²) in [6.07, 6.45) is -0.573. The van der Waals surface area contributed by atoms with E-state index < -0.39 is 23.7 Å². The molecule has 20 heavy (non-hydrogen) atoms. The van der Waals surface area contributed by atoms with Gasteiger partial charge in [0.25, 0.3) is 0 Å². The average molecular weight is 288 g/mol. The summed E-state index contributed by atoms with van der Waals surface area (Å²) in [5.74, 6) is -1.02. The van der Waals surface area contributed by atoms with E-state index >= 15 is 0 Å². The lowest BCUT2D eigenvalue weighted by Crippen LogP contribution is -2.59. The number of nitrogens with zero attached hydrogens (tertiary/aromatic N) is 2. The van der Waals surface area contributed by atoms with Crippen LogP contribution in [-0.2, 0) is 14.3 Å². The molecule has 0 unspecified atom stereocenters. The first-order valence-corrected chi connectivity index (χ1v) is 6.68. The number of hydrogen-bond acceptors (Lipinski definition) is 5. The normalized spacial score (nSPS) is 20.8. The van der Waals surface area contributed by atoms with Crippen LogP contribution in [-0.4, -0.2) is 78.5 Å². The Balaban J connectivity index is 2.67. The van der Waals surface area contributed by atoms with E-state index in [9.17, 15) is 14.7 Å². The van der Waals surface area contributed by atoms with Gasteiger partial charge in [0.1, 0.15) is 11.6 Å². The van der Waals surface area contributed by atoms with Crippen LogP contribution in [0.3, 0.4) is 0 Å². The van der Waals surface area contributed by atoms with Crippen LogP contribution in [0.15, 0.2) is 0 Å². The molecule has 0 aromatic carbocycles. The van der Waals surface area contributed by atoms with Gasteiger partial charge in [-0.1, -0.05) is 0 Å². The highest BCUT2D eigenvalue weighted by Gasteiger charge is 2.37. The first-order chi connectivity index (χ1) is 9.24. The lowest BCUT2D eigenvalue weighted by atomic mass is 10.1. The van der Waals surface area contributed by atoms with Crippen LogP contribution >= 0.6 is 0 Å². The van der Waals surface area contributed by atoms with Crippen molar-refractivity contribution in [3.8, 4) is 0 Å². The summed E-state index contributed by atoms with van der Waals surface area (Å²) in [6.45, 7) is 7.72. The zero-order valence-electron chi connectivity index (χ0n) is 12.6. The molecule has 1 N–H and O–H groups in total. The summed E-state index contributed by atoms with van der Waals surface area (Å²) in [5.41, 5.74) is -0.632. The lowest BCUT2D eigenvalue weighted by molar-refractivity contribution is -0.145. The van der Waals surface area contributed by atoms with Crippen molar-refractivity contribution in [1.82, 2.24) is 9.80 Å². The number of carbonyl (C=O) groups excluding carboxylic acids is 1. The summed E-state index contributed by atoms with van der Waals surface area (Å²) < 4.78 is 10.2. The van der Waals surface area contributed by atoms with E-state index in [1.54, 1.807) is 27.9 Å². The van der Waals surface area contributed by atoms with Gasteiger partial charge in [-0.3, -0.25) is 9.80 Å². The monoisotopic (exact) mass is 288 g/mol. The van der Waals surface area contributed by atoms with Crippen molar-refractivity contribution in [3.63, 3.8) is 0 Å². The quantitative estimate of drug-likeness (QED) is 0.818. The fourth-order valence-corrected chi connectivity index (χ4v) is 2.01. The van der Waals surface area contributed by atoms with Crippen molar-refractivity contribution in [1.29, 1.82) is 0 Å². The molecule has 1 aliphatic heterocycles. The molecule has 1 aliphatic rings. The van der Waals surface area contributed by atoms with Crippen LogP contribution in [0.2, 0.25) is 0 Å². The molecule has 0 aliphatic carbocycles. The minimum absolute atomic E-state index is 0.290. The summed E-state index contributed by atoms with van der Waals surface area (Å²) in [5, 5.41) is 9.29. The Morgan fingerprint density at radius 2 is 1.95 bits per heavy atom. The molecule has 1 rings (SSSR count). The van der Waals surface area contributed by atoms with Crippen molar-refractivity contribution in [2.75, 3.05) is 39.9 Å². The van der Waals surface area contributed by atoms with Gasteiger partial charge in [-0.05, 0) is 20.8 Å². The number of rotatable bonds is 4. The van der Waals surface area contributed by atoms with E-state index in [0.717, 1.165) is 0 Å². The van der Waals surface area contributed by atoms with E-state index in [-0.39, 0.29) is 6.54 Å². The van der Waals surface area contributed by atoms with Crippen molar-refractivity contribution in [2.24, 2.45) is 0 Å². The molecule has 1 heterocycles. The second-order valence-electron chi connectivity index (χ2n) is 5.82. The zero-order chi connectivity index (χ0) is 15.3. The maximum Gasteiger partial charge on any atom is 0.411 e. The first kappa shape index (κ1) is 16.7. The van der Waals surface area contributed by atoms with Crippen molar-refractivity contribution < 1.29 is 24.2 Å². The molecule has 7 heteroatoms. The predicted molar refractivity (Wildman–Crippen MR) is 72.7 cm³/mol. The van der Waals surface area contributed by atoms with Crippen LogP contribution in [0.25, 0.3) is 0 Å². The summed E-state index contributed by atoms with van der Waals surface area (Å²) in [7, 11) is 1.60. The van der Waals surface area contributed by atoms with E-state index in [1.807, 2.05) is 4.90 Å². The van der Waals surface area contributed by atoms with Crippen LogP contribution < -0.4 is 0 Å². The van der Waals surface area contributed by atoms with E-state index in [4.69, 9.17) is 9.47 Å². The third kappa shape index (κ3) is 4.97. The molecule has 1 saturated heterocycles. The number of carboxylic acid groups (broad SMARTS) is 1. The molecule has 1 fully saturated rings. The molecule has 1 amide bonds. The van der Waals surface area contributed by atoms with Crippen molar-refractivity contribution >= 4 is 12.1 Å². The van der Waals surface area contributed by atoms with E-state index in [2.05, 4.69) is 0 Å². The van der Waals surface area contributed by atoms with Crippen LogP contribution in [0, 0.1) is 0 Å². The molecule has 116 valence electrons. The summed E-state index contributed by atoms with van der Waals surface area (Å²) >= 11 is 0. The van der Waals surface area contributed by atoms with Gasteiger partial charge in [-0.15, -0.1) is 0 Å². The van der Waals surface area contributed by atoms with Gasteiger partial charge in [0.15, 0.2) is 0 Å². The largest absolute Gasteiger partial charge is 0.480 e. The van der Waals surface area contributed by atoms with Crippen molar-refractivity contribution in [3.05, 3.63) is 0 Å². The van der Waals surface area contributed by atoms with Gasteiger partial charge in [0.2, 0.25) is 0 Å². The number of methoxy groups -OCH3 is 1. The van der Waals surface area contributed by atoms with Crippen LogP contribution in [0.1, 0.15) is 20.8 Å². The molecule has 0 bridgehead atoms. The molecule has 1 atom stereocenters. The molecule has 0 saturated carbocycles. The minimum Gasteiger partial charge on any atom is -0.480 e. The fourth-order valence-electron chi connectivity index (χ4n) is 2.01. The van der Waals surface area contributed by atoms with E-state index in [0.29, 0.717) is 26.2 Å². The number of piperazine rings is 1. The minimum atomic E-state index is -1.02. The lowest BCUT2D eigenvalue weighted by Gasteiger charge is -2.39. The number of aliphatic carboxylic acids is 1. The number of ether oxygens (including phenoxy) is 2. The Morgan fingerprint density at radius 1 is 1.30 bits per heavy atom. The zero-order valence-corrected chi connectivity index (χ0v) is 12.6. The van der Waals surface area contributed by atoms with Crippen molar-refractivity contribution in [2.45, 2.75) is 32.4 Å². The second-order valence-corrected chi connectivity index (χ2v) is 5.82. The Bertz CT molecular complexity index is 353. The number of carboxylic acids is 1. The molecule has 0 radical (unpaired) electrons. The third-order valence-electron chi connectivity index (χ3n) is 2.99. The molecule has 0 spiro atoms. The Labute approximate surface area is 119 Å². The predicted octanol–water partition coefficient (Wildman–Crippen LogP) is 0.639. The standard InChI is InChI=1S/C13H24N2O5/c1-13(2,3)20-12(18)15-6-5-14(7-8-19-4)9-10(15)11(16)17/h10H,5-9H2,1-4H3,(H,16,17)/t10-/m0/s1. The number of hydrogen-bond donors (Lipinski definition) is 1. The highest BCUT2D eigenvalue weighted by atomic mass is 16.6. The first-order valence-electron chi connectivity index (χ1n) is 6.68. The maximum atomic E-state index is 12.0. The number of carbonyl (C=O) groups is 2. The van der Waals surface area contributed by atoms with Gasteiger partial charge < -0.3 is 14.6 Å². The van der Waals surface area contributed by atoms with Gasteiger partial charge in [0.05, 0.1) is 6.61 Å². The average Bonchev–Trinajstić information content (AvgIpc) is 2.33. The molecular formula is C13H24N2O5. The highest BCUT2D eigenvalue weighted by molar-refractivity contribution is 5.80. The van der Waals surface area contributed by atoms with Gasteiger partial charge in [-0.2, -0.15) is 0 Å². The van der Waals surface area contributed by atoms with Gasteiger partial charge in [-0.25, -0.2) is 9.59 Å². The fraction of sp³-hybridized carbons (Fsp3) is 0.846. The molecule has 0 aromatic heterocycles. The highest BCUT2D eigenvalue weighted by Crippen LogP contribution is 2.16. The van der Waals surface area contributed by atoms with Gasteiger partial charge >= 0.3 is 12.1 Å². The molecule has 0 aromatic rings.